The van der Waals surface area contributed by atoms with E-state index in [4.69, 9.17) is 4.74 Å². The van der Waals surface area contributed by atoms with Gasteiger partial charge in [-0.2, -0.15) is 0 Å². The van der Waals surface area contributed by atoms with Gasteiger partial charge in [-0.15, -0.1) is 0 Å². The van der Waals surface area contributed by atoms with Gasteiger partial charge >= 0.3 is 0 Å². The molecule has 0 saturated heterocycles. The maximum absolute atomic E-state index is 12.5. The van der Waals surface area contributed by atoms with Crippen LogP contribution in [0.3, 0.4) is 0 Å². The van der Waals surface area contributed by atoms with Crippen molar-refractivity contribution in [3.63, 3.8) is 0 Å². The average Bonchev–Trinajstić information content (AvgIpc) is 2.54. The summed E-state index contributed by atoms with van der Waals surface area (Å²) in [6, 6.07) is 11.5. The third kappa shape index (κ3) is 4.26. The number of carbonyl (C=O) groups excluding carboxylic acids is 1. The molecular weight excluding hydrogens is 328 g/mol. The lowest BCUT2D eigenvalue weighted by molar-refractivity contribution is -0.114. The van der Waals surface area contributed by atoms with Gasteiger partial charge in [-0.25, -0.2) is 8.42 Å². The number of hydrogen-bond acceptors (Lipinski definition) is 4. The van der Waals surface area contributed by atoms with Crippen molar-refractivity contribution in [1.82, 2.24) is 0 Å². The van der Waals surface area contributed by atoms with Crippen LogP contribution in [-0.2, 0) is 21.2 Å². The zero-order chi connectivity index (χ0) is 17.7. The Kier molecular flexibility index (Phi) is 5.46. The second kappa shape index (κ2) is 7.35. The molecule has 0 aromatic heterocycles. The minimum atomic E-state index is -3.77. The van der Waals surface area contributed by atoms with E-state index < -0.39 is 10.0 Å². The number of carbonyl (C=O) groups is 1. The van der Waals surface area contributed by atoms with Crippen LogP contribution in [-0.4, -0.2) is 21.4 Å². The van der Waals surface area contributed by atoms with Crippen LogP contribution in [0.1, 0.15) is 19.4 Å². The predicted molar refractivity (Wildman–Crippen MR) is 93.9 cm³/mol. The number of hydrogen-bond donors (Lipinski definition) is 2. The van der Waals surface area contributed by atoms with Crippen LogP contribution in [0, 0.1) is 0 Å². The Labute approximate surface area is 141 Å². The molecule has 0 saturated carbocycles. The summed E-state index contributed by atoms with van der Waals surface area (Å²) >= 11 is 0. The molecular formula is C17H20N2O4S. The van der Waals surface area contributed by atoms with Gasteiger partial charge in [0.05, 0.1) is 17.7 Å². The lowest BCUT2D eigenvalue weighted by Crippen LogP contribution is -2.14. The van der Waals surface area contributed by atoms with E-state index in [2.05, 4.69) is 10.0 Å². The van der Waals surface area contributed by atoms with Crippen LogP contribution in [0.15, 0.2) is 47.4 Å². The quantitative estimate of drug-likeness (QED) is 0.840. The van der Waals surface area contributed by atoms with Crippen molar-refractivity contribution < 1.29 is 17.9 Å². The third-order valence-corrected chi connectivity index (χ3v) is 4.79. The Morgan fingerprint density at radius 2 is 1.79 bits per heavy atom. The normalized spacial score (nSPS) is 11.0. The van der Waals surface area contributed by atoms with Crippen LogP contribution in [0.2, 0.25) is 0 Å². The van der Waals surface area contributed by atoms with Gasteiger partial charge in [-0.3, -0.25) is 9.52 Å². The summed E-state index contributed by atoms with van der Waals surface area (Å²) in [6.07, 6.45) is 0.881. The highest BCUT2D eigenvalue weighted by molar-refractivity contribution is 7.92. The number of nitrogens with one attached hydrogen (secondary N) is 2. The van der Waals surface area contributed by atoms with E-state index in [1.165, 1.54) is 32.2 Å². The van der Waals surface area contributed by atoms with Gasteiger partial charge < -0.3 is 10.1 Å². The zero-order valence-electron chi connectivity index (χ0n) is 13.8. The van der Waals surface area contributed by atoms with Crippen molar-refractivity contribution in [3.05, 3.63) is 48.0 Å². The molecule has 128 valence electrons. The van der Waals surface area contributed by atoms with E-state index in [-0.39, 0.29) is 10.8 Å². The van der Waals surface area contributed by atoms with Crippen LogP contribution < -0.4 is 14.8 Å². The number of ether oxygens (including phenoxy) is 1. The maximum atomic E-state index is 12.5. The van der Waals surface area contributed by atoms with Crippen molar-refractivity contribution in [1.29, 1.82) is 0 Å². The van der Waals surface area contributed by atoms with Crippen molar-refractivity contribution in [2.45, 2.75) is 25.2 Å². The molecule has 0 bridgehead atoms. The minimum absolute atomic E-state index is 0.0339. The summed E-state index contributed by atoms with van der Waals surface area (Å²) in [6.45, 7) is 3.37. The molecule has 0 radical (unpaired) electrons. The van der Waals surface area contributed by atoms with E-state index in [9.17, 15) is 13.2 Å². The molecule has 2 N–H and O–H groups in total. The van der Waals surface area contributed by atoms with E-state index in [0.29, 0.717) is 17.1 Å². The number of amides is 1. The summed E-state index contributed by atoms with van der Waals surface area (Å²) in [5.74, 6) is 0.0717. The van der Waals surface area contributed by atoms with Crippen molar-refractivity contribution >= 4 is 27.3 Å². The molecule has 0 fully saturated rings. The van der Waals surface area contributed by atoms with Crippen LogP contribution >= 0.6 is 0 Å². The molecule has 0 aliphatic heterocycles. The molecule has 2 aromatic carbocycles. The van der Waals surface area contributed by atoms with Gasteiger partial charge in [0.2, 0.25) is 5.91 Å². The Bertz CT molecular complexity index is 830. The smallest absolute Gasteiger partial charge is 0.261 e. The molecule has 2 aromatic rings. The van der Waals surface area contributed by atoms with Gasteiger partial charge in [-0.05, 0) is 42.3 Å². The summed E-state index contributed by atoms with van der Waals surface area (Å²) in [4.78, 5) is 11.3. The standard InChI is InChI=1S/C17H20N2O4S/c1-4-13-5-7-14(8-6-13)19-24(21,22)15-9-10-17(23-3)16(11-15)18-12(2)20/h5-11,19H,4H2,1-3H3,(H,18,20). The van der Waals surface area contributed by atoms with Gasteiger partial charge in [0.15, 0.2) is 0 Å². The molecule has 2 rings (SSSR count). The first-order chi connectivity index (χ1) is 11.4. The highest BCUT2D eigenvalue weighted by Gasteiger charge is 2.17. The molecule has 0 atom stereocenters. The molecule has 0 heterocycles. The number of benzene rings is 2. The molecule has 24 heavy (non-hydrogen) atoms. The third-order valence-electron chi connectivity index (χ3n) is 3.41. The minimum Gasteiger partial charge on any atom is -0.495 e. The molecule has 0 spiro atoms. The summed E-state index contributed by atoms with van der Waals surface area (Å²) in [5, 5.41) is 2.56. The number of aryl methyl sites for hydroxylation is 1. The second-order valence-corrected chi connectivity index (χ2v) is 6.88. The van der Waals surface area contributed by atoms with E-state index in [0.717, 1.165) is 12.0 Å². The number of rotatable bonds is 6. The summed E-state index contributed by atoms with van der Waals surface area (Å²) in [7, 11) is -2.33. The highest BCUT2D eigenvalue weighted by atomic mass is 32.2. The Morgan fingerprint density at radius 3 is 2.33 bits per heavy atom. The fourth-order valence-electron chi connectivity index (χ4n) is 2.16. The summed E-state index contributed by atoms with van der Waals surface area (Å²) < 4.78 is 32.7. The Morgan fingerprint density at radius 1 is 1.12 bits per heavy atom. The zero-order valence-corrected chi connectivity index (χ0v) is 14.6. The van der Waals surface area contributed by atoms with E-state index >= 15 is 0 Å². The molecule has 0 unspecified atom stereocenters. The van der Waals surface area contributed by atoms with E-state index in [1.807, 2.05) is 19.1 Å². The fraction of sp³-hybridized carbons (Fsp3) is 0.235. The number of sulfonamides is 1. The SMILES string of the molecule is CCc1ccc(NS(=O)(=O)c2ccc(OC)c(NC(C)=O)c2)cc1. The van der Waals surface area contributed by atoms with Crippen LogP contribution in [0.4, 0.5) is 11.4 Å². The van der Waals surface area contributed by atoms with Crippen molar-refractivity contribution in [3.8, 4) is 5.75 Å². The average molecular weight is 348 g/mol. The van der Waals surface area contributed by atoms with Crippen LogP contribution in [0.25, 0.3) is 0 Å². The predicted octanol–water partition coefficient (Wildman–Crippen LogP) is 3.02. The van der Waals surface area contributed by atoms with Gasteiger partial charge in [-0.1, -0.05) is 19.1 Å². The fourth-order valence-corrected chi connectivity index (χ4v) is 3.25. The Balaban J connectivity index is 2.32. The molecule has 0 aliphatic rings. The van der Waals surface area contributed by atoms with Crippen molar-refractivity contribution in [2.75, 3.05) is 17.1 Å². The number of anilines is 2. The molecule has 7 heteroatoms. The first-order valence-electron chi connectivity index (χ1n) is 7.43. The number of methoxy groups -OCH3 is 1. The highest BCUT2D eigenvalue weighted by Crippen LogP contribution is 2.28. The van der Waals surface area contributed by atoms with Gasteiger partial charge in [0, 0.05) is 12.6 Å². The monoisotopic (exact) mass is 348 g/mol. The van der Waals surface area contributed by atoms with Crippen LogP contribution in [0.5, 0.6) is 5.75 Å². The maximum Gasteiger partial charge on any atom is 0.261 e. The van der Waals surface area contributed by atoms with Crippen molar-refractivity contribution in [2.24, 2.45) is 0 Å². The topological polar surface area (TPSA) is 84.5 Å². The molecule has 0 aliphatic carbocycles. The first-order valence-corrected chi connectivity index (χ1v) is 8.91. The van der Waals surface area contributed by atoms with Gasteiger partial charge in [0.25, 0.3) is 10.0 Å². The molecule has 1 amide bonds. The first kappa shape index (κ1) is 17.8. The van der Waals surface area contributed by atoms with Gasteiger partial charge in [0.1, 0.15) is 5.75 Å². The summed E-state index contributed by atoms with van der Waals surface area (Å²) in [5.41, 5.74) is 1.90. The lowest BCUT2D eigenvalue weighted by Gasteiger charge is -2.13. The van der Waals surface area contributed by atoms with E-state index in [1.54, 1.807) is 12.1 Å². The largest absolute Gasteiger partial charge is 0.495 e. The molecule has 6 nitrogen and oxygen atoms in total. The lowest BCUT2D eigenvalue weighted by atomic mass is 10.2. The Hall–Kier alpha value is -2.54. The second-order valence-electron chi connectivity index (χ2n) is 5.20.